The molecule has 3 heteroatoms. The Hall–Kier alpha value is -0.560. The maximum absolute atomic E-state index is 5.78. The van der Waals surface area contributed by atoms with E-state index in [1.807, 2.05) is 20.8 Å². The number of rotatable bonds is 4. The summed E-state index contributed by atoms with van der Waals surface area (Å²) in [4.78, 5) is 2.35. The second kappa shape index (κ2) is 6.74. The number of likely N-dealkylation sites (tertiary alicyclic amines) is 1. The van der Waals surface area contributed by atoms with Crippen molar-refractivity contribution in [2.24, 2.45) is 5.92 Å². The number of nitrogens with zero attached hydrogens (tertiary/aromatic N) is 1. The van der Waals surface area contributed by atoms with E-state index in [0.717, 1.165) is 26.2 Å². The second-order valence-corrected chi connectivity index (χ2v) is 7.24. The summed E-state index contributed by atoms with van der Waals surface area (Å²) in [6, 6.07) is 0. The highest BCUT2D eigenvalue weighted by atomic mass is 16.5. The summed E-state index contributed by atoms with van der Waals surface area (Å²) < 4.78 is 11.3. The largest absolute Gasteiger partial charge is 0.375 e. The number of ether oxygens (including phenoxy) is 2. The van der Waals surface area contributed by atoms with Gasteiger partial charge in [-0.2, -0.15) is 0 Å². The minimum absolute atomic E-state index is 0.0233. The van der Waals surface area contributed by atoms with Gasteiger partial charge in [0, 0.05) is 19.0 Å². The molecule has 0 aliphatic carbocycles. The minimum atomic E-state index is -0.0964. The van der Waals surface area contributed by atoms with Gasteiger partial charge in [0.2, 0.25) is 0 Å². The average molecular weight is 267 g/mol. The fourth-order valence-corrected chi connectivity index (χ4v) is 1.75. The zero-order valence-corrected chi connectivity index (χ0v) is 13.4. The Morgan fingerprint density at radius 3 is 2.05 bits per heavy atom. The fraction of sp³-hybridized carbons (Fsp3) is 0.875. The van der Waals surface area contributed by atoms with E-state index in [9.17, 15) is 0 Å². The smallest absolute Gasteiger partial charge is 0.108 e. The van der Waals surface area contributed by atoms with Crippen LogP contribution < -0.4 is 0 Å². The van der Waals surface area contributed by atoms with E-state index in [4.69, 9.17) is 9.47 Å². The van der Waals surface area contributed by atoms with Crippen molar-refractivity contribution in [2.75, 3.05) is 32.8 Å². The van der Waals surface area contributed by atoms with Crippen LogP contribution in [-0.4, -0.2) is 49.0 Å². The van der Waals surface area contributed by atoms with Crippen molar-refractivity contribution in [2.45, 2.75) is 52.7 Å². The van der Waals surface area contributed by atoms with Gasteiger partial charge in [0.1, 0.15) is 6.61 Å². The van der Waals surface area contributed by atoms with Gasteiger partial charge in [0.15, 0.2) is 0 Å². The van der Waals surface area contributed by atoms with Crippen LogP contribution in [0.2, 0.25) is 0 Å². The molecule has 0 unspecified atom stereocenters. The number of hydrogen-bond acceptors (Lipinski definition) is 3. The van der Waals surface area contributed by atoms with Crippen LogP contribution in [0.25, 0.3) is 0 Å². The third-order valence-electron chi connectivity index (χ3n) is 2.79. The van der Waals surface area contributed by atoms with Gasteiger partial charge in [-0.05, 0) is 41.5 Å². The molecule has 1 aliphatic rings. The van der Waals surface area contributed by atoms with Gasteiger partial charge in [-0.1, -0.05) is 11.8 Å². The van der Waals surface area contributed by atoms with Crippen LogP contribution >= 0.6 is 0 Å². The monoisotopic (exact) mass is 267 g/mol. The number of hydrogen-bond donors (Lipinski definition) is 0. The summed E-state index contributed by atoms with van der Waals surface area (Å²) in [5.74, 6) is 6.90. The van der Waals surface area contributed by atoms with Gasteiger partial charge >= 0.3 is 0 Å². The first-order valence-electron chi connectivity index (χ1n) is 7.12. The summed E-state index contributed by atoms with van der Waals surface area (Å²) in [6.07, 6.45) is 0. The first kappa shape index (κ1) is 16.5. The third kappa shape index (κ3) is 8.26. The molecule has 0 N–H and O–H groups in total. The Morgan fingerprint density at radius 1 is 0.947 bits per heavy atom. The Morgan fingerprint density at radius 2 is 1.53 bits per heavy atom. The maximum Gasteiger partial charge on any atom is 0.108 e. The molecule has 0 aromatic rings. The van der Waals surface area contributed by atoms with Gasteiger partial charge in [0.25, 0.3) is 0 Å². The Kier molecular flexibility index (Phi) is 5.85. The molecular weight excluding hydrogens is 238 g/mol. The quantitative estimate of drug-likeness (QED) is 0.731. The van der Waals surface area contributed by atoms with Crippen LogP contribution in [0, 0.1) is 17.8 Å². The molecule has 0 bridgehead atoms. The van der Waals surface area contributed by atoms with Crippen molar-refractivity contribution < 1.29 is 9.47 Å². The molecular formula is C16H29NO2. The van der Waals surface area contributed by atoms with Gasteiger partial charge in [-0.15, -0.1) is 0 Å². The molecule has 0 spiro atoms. The molecule has 1 rings (SSSR count). The van der Waals surface area contributed by atoms with Crippen molar-refractivity contribution in [1.82, 2.24) is 4.90 Å². The lowest BCUT2D eigenvalue weighted by Crippen LogP contribution is -2.49. The minimum Gasteiger partial charge on any atom is -0.375 e. The Labute approximate surface area is 118 Å². The molecule has 0 atom stereocenters. The first-order chi connectivity index (χ1) is 8.66. The fourth-order valence-electron chi connectivity index (χ4n) is 1.75. The molecule has 0 saturated carbocycles. The standard InChI is InChI=1S/C16H29NO2/c1-15(2,3)18-10-8-7-9-17-11-14(12-17)13-19-16(4,5)6/h14H,9-13H2,1-6H3. The van der Waals surface area contributed by atoms with Crippen molar-refractivity contribution in [3.8, 4) is 11.8 Å². The zero-order chi connectivity index (χ0) is 14.5. The summed E-state index contributed by atoms with van der Waals surface area (Å²) in [6.45, 7) is 16.9. The lowest BCUT2D eigenvalue weighted by Gasteiger charge is -2.39. The predicted molar refractivity (Wildman–Crippen MR) is 79.1 cm³/mol. The van der Waals surface area contributed by atoms with Gasteiger partial charge in [-0.3, -0.25) is 4.90 Å². The molecule has 1 aliphatic heterocycles. The van der Waals surface area contributed by atoms with Crippen molar-refractivity contribution >= 4 is 0 Å². The normalized spacial score (nSPS) is 17.8. The van der Waals surface area contributed by atoms with E-state index in [-0.39, 0.29) is 11.2 Å². The van der Waals surface area contributed by atoms with Crippen LogP contribution in [0.5, 0.6) is 0 Å². The van der Waals surface area contributed by atoms with Crippen LogP contribution in [-0.2, 0) is 9.47 Å². The Balaban J connectivity index is 2.05. The van der Waals surface area contributed by atoms with Crippen LogP contribution in [0.15, 0.2) is 0 Å². The molecule has 110 valence electrons. The van der Waals surface area contributed by atoms with E-state index in [2.05, 4.69) is 37.5 Å². The molecule has 0 amide bonds. The van der Waals surface area contributed by atoms with E-state index in [1.165, 1.54) is 0 Å². The van der Waals surface area contributed by atoms with Gasteiger partial charge in [0.05, 0.1) is 24.4 Å². The van der Waals surface area contributed by atoms with Crippen molar-refractivity contribution in [3.63, 3.8) is 0 Å². The van der Waals surface area contributed by atoms with E-state index >= 15 is 0 Å². The third-order valence-corrected chi connectivity index (χ3v) is 2.79. The highest BCUT2D eigenvalue weighted by Gasteiger charge is 2.27. The highest BCUT2D eigenvalue weighted by Crippen LogP contribution is 2.18. The van der Waals surface area contributed by atoms with Gasteiger partial charge in [-0.25, -0.2) is 0 Å². The van der Waals surface area contributed by atoms with Crippen molar-refractivity contribution in [3.05, 3.63) is 0 Å². The lowest BCUT2D eigenvalue weighted by molar-refractivity contribution is -0.0535. The van der Waals surface area contributed by atoms with Crippen LogP contribution in [0.4, 0.5) is 0 Å². The molecule has 19 heavy (non-hydrogen) atoms. The maximum atomic E-state index is 5.78. The predicted octanol–water partition coefficient (Wildman–Crippen LogP) is 2.55. The highest BCUT2D eigenvalue weighted by molar-refractivity contribution is 5.03. The summed E-state index contributed by atoms with van der Waals surface area (Å²) in [5, 5.41) is 0. The topological polar surface area (TPSA) is 21.7 Å². The van der Waals surface area contributed by atoms with Crippen LogP contribution in [0.3, 0.4) is 0 Å². The molecule has 1 fully saturated rings. The second-order valence-electron chi connectivity index (χ2n) is 7.24. The SMILES string of the molecule is CC(C)(C)OCC#CCN1CC(COC(C)(C)C)C1. The Bertz CT molecular complexity index is 321. The average Bonchev–Trinajstić information content (AvgIpc) is 2.15. The van der Waals surface area contributed by atoms with E-state index in [0.29, 0.717) is 12.5 Å². The molecule has 1 heterocycles. The molecule has 1 saturated heterocycles. The molecule has 3 nitrogen and oxygen atoms in total. The van der Waals surface area contributed by atoms with E-state index in [1.54, 1.807) is 0 Å². The summed E-state index contributed by atoms with van der Waals surface area (Å²) in [5.41, 5.74) is -0.120. The van der Waals surface area contributed by atoms with E-state index < -0.39 is 0 Å². The zero-order valence-electron chi connectivity index (χ0n) is 13.4. The van der Waals surface area contributed by atoms with Crippen LogP contribution in [0.1, 0.15) is 41.5 Å². The molecule has 0 radical (unpaired) electrons. The lowest BCUT2D eigenvalue weighted by atomic mass is 10.0. The molecule has 0 aromatic carbocycles. The first-order valence-corrected chi connectivity index (χ1v) is 7.12. The summed E-state index contributed by atoms with van der Waals surface area (Å²) >= 11 is 0. The van der Waals surface area contributed by atoms with Gasteiger partial charge < -0.3 is 9.47 Å². The van der Waals surface area contributed by atoms with Crippen molar-refractivity contribution in [1.29, 1.82) is 0 Å². The molecule has 0 aromatic heterocycles. The summed E-state index contributed by atoms with van der Waals surface area (Å²) in [7, 11) is 0.